The van der Waals surface area contributed by atoms with E-state index in [1.807, 2.05) is 30.3 Å². The summed E-state index contributed by atoms with van der Waals surface area (Å²) in [7, 11) is 0. The van der Waals surface area contributed by atoms with Crippen molar-refractivity contribution in [2.24, 2.45) is 0 Å². The van der Waals surface area contributed by atoms with Crippen LogP contribution in [0.2, 0.25) is 0 Å². The lowest BCUT2D eigenvalue weighted by Crippen LogP contribution is -2.36. The first-order chi connectivity index (χ1) is 12.6. The first-order valence-electron chi connectivity index (χ1n) is 8.08. The van der Waals surface area contributed by atoms with Crippen LogP contribution in [0.5, 0.6) is 0 Å². The minimum atomic E-state index is -1.50. The summed E-state index contributed by atoms with van der Waals surface area (Å²) in [6.45, 7) is 0.0389. The van der Waals surface area contributed by atoms with Crippen molar-refractivity contribution in [1.29, 1.82) is 0 Å². The molecule has 1 aromatic heterocycles. The van der Waals surface area contributed by atoms with Crippen LogP contribution in [-0.2, 0) is 17.8 Å². The second kappa shape index (κ2) is 7.60. The molecule has 0 aliphatic carbocycles. The van der Waals surface area contributed by atoms with Crippen molar-refractivity contribution in [1.82, 2.24) is 15.1 Å². The van der Waals surface area contributed by atoms with Gasteiger partial charge in [-0.15, -0.1) is 0 Å². The zero-order chi connectivity index (χ0) is 18.5. The van der Waals surface area contributed by atoms with Crippen molar-refractivity contribution < 1.29 is 14.7 Å². The minimum absolute atomic E-state index is 0.179. The third-order valence-corrected chi connectivity index (χ3v) is 3.93. The molecule has 26 heavy (non-hydrogen) atoms. The number of carbonyl (C=O) groups excluding carboxylic acids is 2. The third-order valence-electron chi connectivity index (χ3n) is 3.93. The second-order valence-electron chi connectivity index (χ2n) is 5.73. The monoisotopic (exact) mass is 350 g/mol. The smallest absolute Gasteiger partial charge is 0.275 e. The van der Waals surface area contributed by atoms with Crippen LogP contribution in [0.25, 0.3) is 10.8 Å². The Labute approximate surface area is 148 Å². The standard InChI is InChI=1S/C19H17N3O4/c23-16(20-11-10-13-6-2-1-3-7-13)12-22-18(24)15-9-5-4-8-14(15)17(21-22)19(25)26/h1-9H,10-12H2,(H,20,23)(H,25,26)/p-1. The highest BCUT2D eigenvalue weighted by Gasteiger charge is 2.13. The Bertz CT molecular complexity index is 1010. The molecule has 7 nitrogen and oxygen atoms in total. The number of rotatable bonds is 6. The highest BCUT2D eigenvalue weighted by molar-refractivity contribution is 6.00. The van der Waals surface area contributed by atoms with E-state index in [1.165, 1.54) is 12.1 Å². The Morgan fingerprint density at radius 3 is 2.35 bits per heavy atom. The minimum Gasteiger partial charge on any atom is -0.543 e. The molecular weight excluding hydrogens is 334 g/mol. The quantitative estimate of drug-likeness (QED) is 0.680. The van der Waals surface area contributed by atoms with E-state index >= 15 is 0 Å². The number of hydrogen-bond donors (Lipinski definition) is 1. The third kappa shape index (κ3) is 3.77. The summed E-state index contributed by atoms with van der Waals surface area (Å²) in [6.07, 6.45) is 0.650. The summed E-state index contributed by atoms with van der Waals surface area (Å²) in [5, 5.41) is 18.2. The molecule has 0 saturated carbocycles. The summed E-state index contributed by atoms with van der Waals surface area (Å²) >= 11 is 0. The number of hydrogen-bond acceptors (Lipinski definition) is 5. The summed E-state index contributed by atoms with van der Waals surface area (Å²) in [6, 6.07) is 15.9. The summed E-state index contributed by atoms with van der Waals surface area (Å²) < 4.78 is 0.852. The van der Waals surface area contributed by atoms with Gasteiger partial charge in [-0.05, 0) is 18.1 Å². The molecule has 0 fully saturated rings. The number of amides is 1. The molecular formula is C19H16N3O4-. The van der Waals surface area contributed by atoms with Crippen LogP contribution in [0, 0.1) is 0 Å². The van der Waals surface area contributed by atoms with Gasteiger partial charge < -0.3 is 15.2 Å². The Kier molecular flexibility index (Phi) is 5.07. The van der Waals surface area contributed by atoms with Gasteiger partial charge in [0.25, 0.3) is 5.56 Å². The lowest BCUT2D eigenvalue weighted by atomic mass is 10.1. The van der Waals surface area contributed by atoms with Crippen LogP contribution in [0.4, 0.5) is 0 Å². The van der Waals surface area contributed by atoms with E-state index in [4.69, 9.17) is 0 Å². The van der Waals surface area contributed by atoms with Crippen LogP contribution in [0.3, 0.4) is 0 Å². The normalized spacial score (nSPS) is 10.6. The van der Waals surface area contributed by atoms with Crippen LogP contribution >= 0.6 is 0 Å². The predicted octanol–water partition coefficient (Wildman–Crippen LogP) is 0.119. The Hall–Kier alpha value is -3.48. The Balaban J connectivity index is 1.76. The van der Waals surface area contributed by atoms with Crippen molar-refractivity contribution in [3.8, 4) is 0 Å². The largest absolute Gasteiger partial charge is 0.543 e. The fraction of sp³-hybridized carbons (Fsp3) is 0.158. The van der Waals surface area contributed by atoms with E-state index in [2.05, 4.69) is 10.4 Å². The topological polar surface area (TPSA) is 104 Å². The van der Waals surface area contributed by atoms with E-state index in [1.54, 1.807) is 12.1 Å². The summed E-state index contributed by atoms with van der Waals surface area (Å²) in [5.74, 6) is -1.92. The lowest BCUT2D eigenvalue weighted by Gasteiger charge is -2.11. The van der Waals surface area contributed by atoms with Crippen LogP contribution < -0.4 is 16.0 Å². The molecule has 0 saturated heterocycles. The first kappa shape index (κ1) is 17.3. The first-order valence-corrected chi connectivity index (χ1v) is 8.08. The summed E-state index contributed by atoms with van der Waals surface area (Å²) in [4.78, 5) is 35.8. The Morgan fingerprint density at radius 2 is 1.65 bits per heavy atom. The van der Waals surface area contributed by atoms with Gasteiger partial charge in [-0.1, -0.05) is 48.5 Å². The number of carboxylic acids is 1. The summed E-state index contributed by atoms with van der Waals surface area (Å²) in [5.41, 5.74) is 0.189. The van der Waals surface area contributed by atoms with Gasteiger partial charge in [0.2, 0.25) is 5.91 Å². The lowest BCUT2D eigenvalue weighted by molar-refractivity contribution is -0.255. The number of aromatic carboxylic acids is 1. The van der Waals surface area contributed by atoms with Crippen molar-refractivity contribution in [2.75, 3.05) is 6.54 Å². The molecule has 2 aromatic carbocycles. The van der Waals surface area contributed by atoms with Crippen LogP contribution in [-0.4, -0.2) is 28.2 Å². The van der Waals surface area contributed by atoms with Crippen molar-refractivity contribution >= 4 is 22.6 Å². The fourth-order valence-corrected chi connectivity index (χ4v) is 2.68. The van der Waals surface area contributed by atoms with Gasteiger partial charge in [-0.25, -0.2) is 4.68 Å². The van der Waals surface area contributed by atoms with Crippen molar-refractivity contribution in [2.45, 2.75) is 13.0 Å². The Morgan fingerprint density at radius 1 is 1.00 bits per heavy atom. The maximum absolute atomic E-state index is 12.4. The van der Waals surface area contributed by atoms with Gasteiger partial charge in [0.05, 0.1) is 11.4 Å². The average molecular weight is 350 g/mol. The second-order valence-corrected chi connectivity index (χ2v) is 5.73. The predicted molar refractivity (Wildman–Crippen MR) is 93.5 cm³/mol. The van der Waals surface area contributed by atoms with Crippen LogP contribution in [0.15, 0.2) is 59.4 Å². The molecule has 0 unspecified atom stereocenters. The van der Waals surface area contributed by atoms with Gasteiger partial charge in [0, 0.05) is 11.9 Å². The molecule has 3 rings (SSSR count). The van der Waals surface area contributed by atoms with Gasteiger partial charge >= 0.3 is 0 Å². The molecule has 0 radical (unpaired) electrons. The molecule has 3 aromatic rings. The molecule has 7 heteroatoms. The molecule has 1 N–H and O–H groups in total. The van der Waals surface area contributed by atoms with Gasteiger partial charge in [-0.3, -0.25) is 9.59 Å². The van der Waals surface area contributed by atoms with E-state index < -0.39 is 17.4 Å². The van der Waals surface area contributed by atoms with E-state index in [9.17, 15) is 19.5 Å². The molecule has 1 amide bonds. The zero-order valence-electron chi connectivity index (χ0n) is 13.8. The SMILES string of the molecule is O=C(Cn1nc(C(=O)[O-])c2ccccc2c1=O)NCCc1ccccc1. The molecule has 0 spiro atoms. The number of nitrogens with one attached hydrogen (secondary N) is 1. The molecule has 132 valence electrons. The maximum atomic E-state index is 12.4. The maximum Gasteiger partial charge on any atom is 0.275 e. The van der Waals surface area contributed by atoms with Crippen LogP contribution in [0.1, 0.15) is 16.1 Å². The number of benzene rings is 2. The zero-order valence-corrected chi connectivity index (χ0v) is 13.8. The fourth-order valence-electron chi connectivity index (χ4n) is 2.68. The molecule has 0 aliphatic heterocycles. The molecule has 0 bridgehead atoms. The van der Waals surface area contributed by atoms with Crippen molar-refractivity contribution in [3.05, 3.63) is 76.2 Å². The number of nitrogens with zero attached hydrogens (tertiary/aromatic N) is 2. The van der Waals surface area contributed by atoms with Gasteiger partial charge in [-0.2, -0.15) is 5.10 Å². The van der Waals surface area contributed by atoms with Gasteiger partial charge in [0.15, 0.2) is 0 Å². The van der Waals surface area contributed by atoms with Gasteiger partial charge in [0.1, 0.15) is 12.2 Å². The highest BCUT2D eigenvalue weighted by Crippen LogP contribution is 2.12. The van der Waals surface area contributed by atoms with E-state index in [0.29, 0.717) is 13.0 Å². The number of carbonyl (C=O) groups is 2. The molecule has 0 aliphatic rings. The van der Waals surface area contributed by atoms with E-state index in [0.717, 1.165) is 10.2 Å². The van der Waals surface area contributed by atoms with E-state index in [-0.39, 0.29) is 23.0 Å². The average Bonchev–Trinajstić information content (AvgIpc) is 2.65. The van der Waals surface area contributed by atoms with Crippen molar-refractivity contribution in [3.63, 3.8) is 0 Å². The number of fused-ring (bicyclic) bond motifs is 1. The highest BCUT2D eigenvalue weighted by atomic mass is 16.4. The molecule has 1 heterocycles. The molecule has 0 atom stereocenters. The number of aromatic nitrogens is 2. The number of carboxylic acid groups (broad SMARTS) is 1.